The average molecular weight is 352 g/mol. The molecule has 2 heterocycles. The Labute approximate surface area is 149 Å². The molecule has 1 aliphatic rings. The van der Waals surface area contributed by atoms with E-state index >= 15 is 0 Å². The van der Waals surface area contributed by atoms with Gasteiger partial charge in [-0.3, -0.25) is 5.41 Å². The summed E-state index contributed by atoms with van der Waals surface area (Å²) in [5.41, 5.74) is 2.01. The van der Waals surface area contributed by atoms with E-state index in [0.717, 1.165) is 17.3 Å². The summed E-state index contributed by atoms with van der Waals surface area (Å²) in [6.45, 7) is 1.94. The van der Waals surface area contributed by atoms with Crippen molar-refractivity contribution < 1.29 is 13.9 Å². The van der Waals surface area contributed by atoms with E-state index < -0.39 is 17.8 Å². The smallest absolute Gasteiger partial charge is 0.335 e. The van der Waals surface area contributed by atoms with Crippen LogP contribution in [0.25, 0.3) is 0 Å². The van der Waals surface area contributed by atoms with Crippen molar-refractivity contribution in [2.24, 2.45) is 5.92 Å². The molecule has 25 heavy (non-hydrogen) atoms. The van der Waals surface area contributed by atoms with Gasteiger partial charge >= 0.3 is 5.97 Å². The van der Waals surface area contributed by atoms with Crippen LogP contribution in [0.5, 0.6) is 0 Å². The van der Waals surface area contributed by atoms with Crippen molar-refractivity contribution in [1.29, 1.82) is 10.7 Å². The summed E-state index contributed by atoms with van der Waals surface area (Å²) in [4.78, 5) is 13.4. The third kappa shape index (κ3) is 3.52. The first kappa shape index (κ1) is 17.1. The molecular formula is C19H16N2O3S. The van der Waals surface area contributed by atoms with Gasteiger partial charge in [-0.25, -0.2) is 4.79 Å². The van der Waals surface area contributed by atoms with Crippen molar-refractivity contribution in [2.45, 2.75) is 19.4 Å². The molecule has 126 valence electrons. The molecule has 0 bridgehead atoms. The lowest BCUT2D eigenvalue weighted by atomic mass is 9.82. The van der Waals surface area contributed by atoms with Crippen LogP contribution in [0.2, 0.25) is 0 Å². The zero-order chi connectivity index (χ0) is 17.8. The Morgan fingerprint density at radius 3 is 2.76 bits per heavy atom. The number of rotatable bonds is 4. The predicted molar refractivity (Wildman–Crippen MR) is 94.8 cm³/mol. The molecule has 6 heteroatoms. The summed E-state index contributed by atoms with van der Waals surface area (Å²) >= 11 is 1.14. The second-order valence-corrected chi connectivity index (χ2v) is 6.90. The normalized spacial score (nSPS) is 20.2. The summed E-state index contributed by atoms with van der Waals surface area (Å²) in [5, 5.41) is 17.8. The minimum Gasteiger partial charge on any atom is -0.472 e. The fourth-order valence-electron chi connectivity index (χ4n) is 2.84. The zero-order valence-electron chi connectivity index (χ0n) is 13.6. The highest BCUT2D eigenvalue weighted by molar-refractivity contribution is 8.17. The van der Waals surface area contributed by atoms with E-state index in [0.29, 0.717) is 16.0 Å². The molecule has 0 fully saturated rings. The molecule has 1 aromatic heterocycles. The molecule has 0 saturated carbocycles. The van der Waals surface area contributed by atoms with Gasteiger partial charge in [-0.1, -0.05) is 42.1 Å². The molecule has 0 spiro atoms. The molecule has 0 aliphatic carbocycles. The highest BCUT2D eigenvalue weighted by Gasteiger charge is 2.40. The van der Waals surface area contributed by atoms with Crippen LogP contribution in [0.15, 0.2) is 63.8 Å². The highest BCUT2D eigenvalue weighted by Crippen LogP contribution is 2.45. The van der Waals surface area contributed by atoms with Crippen molar-refractivity contribution in [2.75, 3.05) is 0 Å². The molecule has 0 saturated heterocycles. The molecule has 1 aromatic carbocycles. The van der Waals surface area contributed by atoms with Crippen LogP contribution >= 0.6 is 11.8 Å². The topological polar surface area (TPSA) is 87.1 Å². The number of hydrogen-bond acceptors (Lipinski definition) is 6. The first-order valence-electron chi connectivity index (χ1n) is 7.71. The van der Waals surface area contributed by atoms with E-state index in [1.54, 1.807) is 13.0 Å². The summed E-state index contributed by atoms with van der Waals surface area (Å²) < 4.78 is 10.6. The number of esters is 1. The third-order valence-electron chi connectivity index (χ3n) is 4.04. The maximum atomic E-state index is 12.8. The van der Waals surface area contributed by atoms with E-state index in [4.69, 9.17) is 14.6 Å². The Kier molecular flexibility index (Phi) is 5.05. The monoisotopic (exact) mass is 352 g/mol. The molecule has 2 aromatic rings. The lowest BCUT2D eigenvalue weighted by Gasteiger charge is -2.29. The fourth-order valence-corrected chi connectivity index (χ4v) is 3.80. The Morgan fingerprint density at radius 1 is 1.36 bits per heavy atom. The second-order valence-electron chi connectivity index (χ2n) is 5.64. The summed E-state index contributed by atoms with van der Waals surface area (Å²) in [6.07, 6.45) is 3.01. The molecular weight excluding hydrogens is 336 g/mol. The van der Waals surface area contributed by atoms with Gasteiger partial charge in [0.05, 0.1) is 29.2 Å². The minimum absolute atomic E-state index is 0.161. The summed E-state index contributed by atoms with van der Waals surface area (Å²) in [7, 11) is 0. The molecule has 0 amide bonds. The van der Waals surface area contributed by atoms with Crippen LogP contribution in [0.3, 0.4) is 0 Å². The number of furan rings is 1. The number of carbonyl (C=O) groups excluding carboxylic acids is 1. The number of allylic oxidation sites excluding steroid dienone is 1. The van der Waals surface area contributed by atoms with Gasteiger partial charge in [-0.05, 0) is 29.0 Å². The fraction of sp³-hybridized carbons (Fsp3) is 0.211. The number of carbonyl (C=O) groups is 1. The van der Waals surface area contributed by atoms with Gasteiger partial charge in [0, 0.05) is 5.92 Å². The van der Waals surface area contributed by atoms with Gasteiger partial charge in [-0.15, -0.1) is 0 Å². The Hall–Kier alpha value is -2.78. The molecule has 0 radical (unpaired) electrons. The lowest BCUT2D eigenvalue weighted by molar-refractivity contribution is -0.140. The number of benzene rings is 1. The van der Waals surface area contributed by atoms with Gasteiger partial charge in [0.15, 0.2) is 0 Å². The van der Waals surface area contributed by atoms with Crippen molar-refractivity contribution in [3.05, 3.63) is 70.5 Å². The quantitative estimate of drug-likeness (QED) is 0.831. The standard InChI is InChI=1S/C19H16N2O3S/c1-12-16(19(22)24-10-13-5-3-2-4-6-13)17(14-7-8-23-11-14)15(9-20)18(21)25-12/h2-8,11,15,17,21H,10H2,1H3/t15-,17-/m1/s1. The maximum absolute atomic E-state index is 12.8. The largest absolute Gasteiger partial charge is 0.472 e. The number of ether oxygens (including phenoxy) is 1. The van der Waals surface area contributed by atoms with Crippen molar-refractivity contribution in [3.63, 3.8) is 0 Å². The van der Waals surface area contributed by atoms with E-state index in [2.05, 4.69) is 6.07 Å². The summed E-state index contributed by atoms with van der Waals surface area (Å²) in [5.74, 6) is -1.75. The lowest BCUT2D eigenvalue weighted by Crippen LogP contribution is -2.29. The summed E-state index contributed by atoms with van der Waals surface area (Å²) in [6, 6.07) is 13.3. The number of thioether (sulfide) groups is 1. The first-order valence-corrected chi connectivity index (χ1v) is 8.53. The molecule has 5 nitrogen and oxygen atoms in total. The van der Waals surface area contributed by atoms with E-state index in [9.17, 15) is 10.1 Å². The van der Waals surface area contributed by atoms with Gasteiger partial charge < -0.3 is 9.15 Å². The highest BCUT2D eigenvalue weighted by atomic mass is 32.2. The van der Waals surface area contributed by atoms with Gasteiger partial charge in [0.1, 0.15) is 12.5 Å². The van der Waals surface area contributed by atoms with Crippen LogP contribution in [0.1, 0.15) is 24.0 Å². The Bertz CT molecular complexity index is 851. The second kappa shape index (κ2) is 7.41. The van der Waals surface area contributed by atoms with Gasteiger partial charge in [0.2, 0.25) is 0 Å². The predicted octanol–water partition coefficient (Wildman–Crippen LogP) is 4.24. The Morgan fingerprint density at radius 2 is 2.12 bits per heavy atom. The van der Waals surface area contributed by atoms with Crippen LogP contribution in [-0.2, 0) is 16.1 Å². The van der Waals surface area contributed by atoms with Gasteiger partial charge in [0.25, 0.3) is 0 Å². The number of nitrogens with one attached hydrogen (secondary N) is 1. The average Bonchev–Trinajstić information content (AvgIpc) is 3.14. The van der Waals surface area contributed by atoms with Crippen LogP contribution < -0.4 is 0 Å². The maximum Gasteiger partial charge on any atom is 0.335 e. The van der Waals surface area contributed by atoms with E-state index in [1.807, 2.05) is 30.3 Å². The van der Waals surface area contributed by atoms with Crippen molar-refractivity contribution in [3.8, 4) is 6.07 Å². The molecule has 1 N–H and O–H groups in total. The molecule has 1 aliphatic heterocycles. The first-order chi connectivity index (χ1) is 12.1. The van der Waals surface area contributed by atoms with Gasteiger partial charge in [-0.2, -0.15) is 5.26 Å². The van der Waals surface area contributed by atoms with Crippen LogP contribution in [0, 0.1) is 22.7 Å². The molecule has 3 rings (SSSR count). The van der Waals surface area contributed by atoms with Crippen molar-refractivity contribution in [1.82, 2.24) is 0 Å². The minimum atomic E-state index is -0.731. The van der Waals surface area contributed by atoms with E-state index in [-0.39, 0.29) is 11.7 Å². The zero-order valence-corrected chi connectivity index (χ0v) is 14.4. The third-order valence-corrected chi connectivity index (χ3v) is 5.04. The number of hydrogen-bond donors (Lipinski definition) is 1. The number of nitrogens with zero attached hydrogens (tertiary/aromatic N) is 1. The molecule has 0 unspecified atom stereocenters. The van der Waals surface area contributed by atoms with Crippen LogP contribution in [-0.4, -0.2) is 11.0 Å². The van der Waals surface area contributed by atoms with E-state index in [1.165, 1.54) is 12.5 Å². The van der Waals surface area contributed by atoms with Crippen LogP contribution in [0.4, 0.5) is 0 Å². The van der Waals surface area contributed by atoms with Crippen molar-refractivity contribution >= 4 is 22.8 Å². The number of nitriles is 1. The Balaban J connectivity index is 1.90. The molecule has 2 atom stereocenters. The SMILES string of the molecule is CC1=C(C(=O)OCc2ccccc2)[C@H](c2ccoc2)[C@@H](C#N)C(=N)S1.